The average Bonchev–Trinajstić information content (AvgIpc) is 3.36. The lowest BCUT2D eigenvalue weighted by atomic mass is 10.0. The summed E-state index contributed by atoms with van der Waals surface area (Å²) in [5.41, 5.74) is 7.12. The van der Waals surface area contributed by atoms with Crippen molar-refractivity contribution in [1.82, 2.24) is 19.9 Å². The summed E-state index contributed by atoms with van der Waals surface area (Å²) in [5, 5.41) is 1.98. The third-order valence-corrected chi connectivity index (χ3v) is 6.95. The predicted octanol–water partition coefficient (Wildman–Crippen LogP) is 6.97. The maximum absolute atomic E-state index is 6.47. The number of hydrogen-bond acceptors (Lipinski definition) is 5. The van der Waals surface area contributed by atoms with Gasteiger partial charge in [0.1, 0.15) is 12.7 Å². The van der Waals surface area contributed by atoms with E-state index in [2.05, 4.69) is 29.7 Å². The molecule has 0 aliphatic heterocycles. The van der Waals surface area contributed by atoms with Gasteiger partial charge in [-0.3, -0.25) is 0 Å². The van der Waals surface area contributed by atoms with Gasteiger partial charge in [-0.1, -0.05) is 72.8 Å². The van der Waals surface area contributed by atoms with E-state index in [0.717, 1.165) is 44.3 Å². The van der Waals surface area contributed by atoms with Gasteiger partial charge < -0.3 is 4.42 Å². The molecule has 0 N–H and O–H groups in total. The van der Waals surface area contributed by atoms with Crippen LogP contribution in [0.4, 0.5) is 0 Å². The molecule has 0 spiro atoms. The predicted molar refractivity (Wildman–Crippen MR) is 153 cm³/mol. The van der Waals surface area contributed by atoms with Gasteiger partial charge in [0.15, 0.2) is 29.3 Å². The lowest BCUT2D eigenvalue weighted by Gasteiger charge is -2.07. The van der Waals surface area contributed by atoms with Crippen molar-refractivity contribution in [3.05, 3.63) is 115 Å². The molecule has 6 nitrogen and oxygen atoms in total. The minimum Gasteiger partial charge on any atom is -0.437 e. The average molecular weight is 507 g/mol. The Kier molecular flexibility index (Phi) is 5.44. The number of nitrogens with zero attached hydrogens (tertiary/aromatic N) is 5. The zero-order valence-electron chi connectivity index (χ0n) is 21.5. The normalized spacial score (nSPS) is 11.3. The van der Waals surface area contributed by atoms with Crippen LogP contribution in [0, 0.1) is 6.92 Å². The van der Waals surface area contributed by atoms with Crippen LogP contribution >= 0.6 is 0 Å². The zero-order chi connectivity index (χ0) is 26.3. The van der Waals surface area contributed by atoms with Gasteiger partial charge in [-0.25, -0.2) is 24.5 Å². The van der Waals surface area contributed by atoms with Gasteiger partial charge in [0, 0.05) is 34.0 Å². The van der Waals surface area contributed by atoms with Crippen LogP contribution in [0.25, 0.3) is 67.6 Å². The van der Waals surface area contributed by atoms with Crippen molar-refractivity contribution in [2.45, 2.75) is 6.92 Å². The lowest BCUT2D eigenvalue weighted by molar-refractivity contribution is -0.660. The molecule has 186 valence electrons. The third-order valence-electron chi connectivity index (χ3n) is 6.95. The first-order chi connectivity index (χ1) is 19.2. The molecule has 7 aromatic rings. The number of fused-ring (bicyclic) bond motifs is 3. The van der Waals surface area contributed by atoms with Gasteiger partial charge in [0.25, 0.3) is 0 Å². The Morgan fingerprint density at radius 3 is 1.87 bits per heavy atom. The van der Waals surface area contributed by atoms with E-state index >= 15 is 0 Å². The van der Waals surface area contributed by atoms with Crippen LogP contribution in [-0.2, 0) is 7.05 Å². The van der Waals surface area contributed by atoms with Crippen LogP contribution < -0.4 is 4.57 Å². The zero-order valence-corrected chi connectivity index (χ0v) is 21.5. The number of benzene rings is 3. The highest BCUT2D eigenvalue weighted by Crippen LogP contribution is 2.37. The second-order valence-corrected chi connectivity index (χ2v) is 9.52. The van der Waals surface area contributed by atoms with Crippen LogP contribution in [0.2, 0.25) is 0 Å². The summed E-state index contributed by atoms with van der Waals surface area (Å²) in [6.45, 7) is 2.11. The summed E-state index contributed by atoms with van der Waals surface area (Å²) < 4.78 is 8.58. The molecule has 0 atom stereocenters. The van der Waals surface area contributed by atoms with Crippen molar-refractivity contribution in [3.63, 3.8) is 0 Å². The molecule has 0 fully saturated rings. The first-order valence-corrected chi connectivity index (χ1v) is 12.8. The van der Waals surface area contributed by atoms with E-state index in [1.165, 1.54) is 0 Å². The van der Waals surface area contributed by atoms with Crippen LogP contribution in [0.5, 0.6) is 0 Å². The molecular formula is C33H24N5O+. The molecule has 0 amide bonds. The fraction of sp³-hybridized carbons (Fsp3) is 0.0606. The third kappa shape index (κ3) is 4.03. The Balaban J connectivity index is 1.43. The Bertz CT molecular complexity index is 1920. The second-order valence-electron chi connectivity index (χ2n) is 9.52. The van der Waals surface area contributed by atoms with Crippen molar-refractivity contribution in [3.8, 4) is 45.6 Å². The Labute approximate surface area is 225 Å². The quantitative estimate of drug-likeness (QED) is 0.241. The van der Waals surface area contributed by atoms with Gasteiger partial charge >= 0.3 is 0 Å². The molecule has 0 aliphatic rings. The maximum Gasteiger partial charge on any atom is 0.228 e. The van der Waals surface area contributed by atoms with E-state index in [1.54, 1.807) is 0 Å². The molecule has 4 heterocycles. The minimum atomic E-state index is 0.496. The highest BCUT2D eigenvalue weighted by Gasteiger charge is 2.21. The summed E-state index contributed by atoms with van der Waals surface area (Å²) >= 11 is 0. The Morgan fingerprint density at radius 1 is 0.590 bits per heavy atom. The first-order valence-electron chi connectivity index (χ1n) is 12.8. The fourth-order valence-corrected chi connectivity index (χ4v) is 4.97. The SMILES string of the molecule is Cc1ccc2c(oc3nc(-c4nc(-c5ccccc5)nc(-c5ccccc5)n4)ccc32)c1-c1cccc[n+]1C. The van der Waals surface area contributed by atoms with Crippen LogP contribution in [-0.4, -0.2) is 19.9 Å². The van der Waals surface area contributed by atoms with Crippen LogP contribution in [0.15, 0.2) is 114 Å². The molecule has 4 aromatic heterocycles. The van der Waals surface area contributed by atoms with Gasteiger partial charge in [0.2, 0.25) is 11.4 Å². The Hall–Kier alpha value is -5.23. The van der Waals surface area contributed by atoms with E-state index in [0.29, 0.717) is 28.9 Å². The maximum atomic E-state index is 6.47. The molecule has 6 heteroatoms. The minimum absolute atomic E-state index is 0.496. The number of aryl methyl sites for hydroxylation is 2. The smallest absolute Gasteiger partial charge is 0.228 e. The molecule has 0 saturated heterocycles. The highest BCUT2D eigenvalue weighted by atomic mass is 16.3. The first kappa shape index (κ1) is 22.9. The van der Waals surface area contributed by atoms with Crippen molar-refractivity contribution in [2.24, 2.45) is 7.05 Å². The van der Waals surface area contributed by atoms with E-state index in [9.17, 15) is 0 Å². The monoisotopic (exact) mass is 506 g/mol. The van der Waals surface area contributed by atoms with E-state index in [1.807, 2.05) is 98.2 Å². The van der Waals surface area contributed by atoms with Crippen molar-refractivity contribution in [1.29, 1.82) is 0 Å². The highest BCUT2D eigenvalue weighted by molar-refractivity contribution is 6.09. The standard InChI is InChI=1S/C33H24N5O/c1-21-16-17-24-25-18-19-26(34-33(25)39-29(24)28(21)27-15-9-10-20-38(27)2)32-36-30(22-11-5-3-6-12-22)35-31(37-32)23-13-7-4-8-14-23/h3-20H,1-2H3/q+1. The summed E-state index contributed by atoms with van der Waals surface area (Å²) in [6, 6.07) is 34.3. The molecule has 0 saturated carbocycles. The van der Waals surface area contributed by atoms with Gasteiger partial charge in [0.05, 0.1) is 5.56 Å². The summed E-state index contributed by atoms with van der Waals surface area (Å²) in [4.78, 5) is 19.3. The lowest BCUT2D eigenvalue weighted by Crippen LogP contribution is -2.30. The second kappa shape index (κ2) is 9.26. The largest absolute Gasteiger partial charge is 0.437 e. The molecule has 7 rings (SSSR count). The number of hydrogen-bond donors (Lipinski definition) is 0. The molecular weight excluding hydrogens is 482 g/mol. The number of aromatic nitrogens is 5. The summed E-state index contributed by atoms with van der Waals surface area (Å²) in [6.07, 6.45) is 2.04. The summed E-state index contributed by atoms with van der Waals surface area (Å²) in [7, 11) is 2.04. The van der Waals surface area contributed by atoms with Crippen molar-refractivity contribution in [2.75, 3.05) is 0 Å². The van der Waals surface area contributed by atoms with E-state index in [4.69, 9.17) is 24.4 Å². The number of pyridine rings is 2. The van der Waals surface area contributed by atoms with E-state index in [-0.39, 0.29) is 0 Å². The molecule has 39 heavy (non-hydrogen) atoms. The van der Waals surface area contributed by atoms with Gasteiger partial charge in [-0.15, -0.1) is 0 Å². The van der Waals surface area contributed by atoms with Crippen molar-refractivity contribution < 1.29 is 8.98 Å². The van der Waals surface area contributed by atoms with Crippen molar-refractivity contribution >= 4 is 22.1 Å². The molecule has 3 aromatic carbocycles. The van der Waals surface area contributed by atoms with E-state index < -0.39 is 0 Å². The molecule has 0 aliphatic carbocycles. The number of furan rings is 1. The molecule has 0 bridgehead atoms. The van der Waals surface area contributed by atoms with Gasteiger partial charge in [-0.2, -0.15) is 0 Å². The topological polar surface area (TPSA) is 68.6 Å². The number of rotatable bonds is 4. The van der Waals surface area contributed by atoms with Crippen LogP contribution in [0.1, 0.15) is 5.56 Å². The van der Waals surface area contributed by atoms with Gasteiger partial charge in [-0.05, 0) is 30.7 Å². The fourth-order valence-electron chi connectivity index (χ4n) is 4.97. The van der Waals surface area contributed by atoms with Crippen LogP contribution in [0.3, 0.4) is 0 Å². The summed E-state index contributed by atoms with van der Waals surface area (Å²) in [5.74, 6) is 1.69. The molecule has 0 radical (unpaired) electrons. The molecule has 0 unspecified atom stereocenters. The Morgan fingerprint density at radius 2 is 1.21 bits per heavy atom.